The van der Waals surface area contributed by atoms with Crippen molar-refractivity contribution >= 4 is 296 Å². The first-order valence-electron chi connectivity index (χ1n) is 47.1. The van der Waals surface area contributed by atoms with Crippen molar-refractivity contribution in [2.24, 2.45) is 0 Å². The summed E-state index contributed by atoms with van der Waals surface area (Å²) in [6.45, 7) is 0. The number of fused-ring (bicyclic) bond motifs is 58. The third kappa shape index (κ3) is 11.5. The first-order valence-corrected chi connectivity index (χ1v) is 47.1. The van der Waals surface area contributed by atoms with Gasteiger partial charge in [-0.05, 0) is 133 Å². The van der Waals surface area contributed by atoms with E-state index in [1.807, 2.05) is 269 Å². The Morgan fingerprint density at radius 1 is 0.146 bits per heavy atom. The third-order valence-electron chi connectivity index (χ3n) is 28.3. The number of hydrogen-bond acceptors (Lipinski definition) is 18. The van der Waals surface area contributed by atoms with E-state index >= 15 is 0 Å². The summed E-state index contributed by atoms with van der Waals surface area (Å²) < 4.78 is 49.2. The van der Waals surface area contributed by atoms with Gasteiger partial charge in [0.15, 0.2) is 39.5 Å². The lowest BCUT2D eigenvalue weighted by molar-refractivity contribution is 0.669. The van der Waals surface area contributed by atoms with Gasteiger partial charge in [0, 0.05) is 236 Å². The Hall–Kier alpha value is -20.4. The lowest BCUT2D eigenvalue weighted by Gasteiger charge is -2.08. The molecule has 36 aromatic rings. The molecule has 24 aromatic heterocycles. The number of furan rings is 6. The molecule has 0 fully saturated rings. The minimum atomic E-state index is 0.853. The summed E-state index contributed by atoms with van der Waals surface area (Å²) in [5, 5.41) is 26.9. The molecule has 0 aliphatic rings. The van der Waals surface area contributed by atoms with Gasteiger partial charge in [0.2, 0.25) is 0 Å². The predicted molar refractivity (Wildman–Crippen MR) is 572 cm³/mol. The van der Waals surface area contributed by atoms with Crippen LogP contribution >= 0.6 is 0 Å². The molecule has 0 amide bonds. The number of pyridine rings is 12. The van der Waals surface area contributed by atoms with Crippen LogP contribution in [0.15, 0.2) is 429 Å². The van der Waals surface area contributed by atoms with Crippen molar-refractivity contribution < 1.29 is 26.5 Å². The average Bonchev–Trinajstić information content (AvgIpc) is 1.50. The molecular formula is C120H66N18O6. The van der Waals surface area contributed by atoms with Crippen LogP contribution in [0.5, 0.6) is 0 Å². The molecule has 0 bridgehead atoms. The molecule has 144 heavy (non-hydrogen) atoms. The Balaban J connectivity index is 0.0000000788. The molecule has 0 saturated carbocycles. The molecule has 24 heterocycles. The van der Waals surface area contributed by atoms with Gasteiger partial charge in [-0.15, -0.1) is 0 Å². The number of para-hydroxylation sites is 6. The van der Waals surface area contributed by atoms with Gasteiger partial charge in [0.25, 0.3) is 0 Å². The molecule has 24 nitrogen and oxygen atoms in total. The van der Waals surface area contributed by atoms with Crippen LogP contribution in [0.2, 0.25) is 0 Å². The summed E-state index contributed by atoms with van der Waals surface area (Å²) in [5.41, 5.74) is 28.0. The molecule has 12 aromatic carbocycles. The van der Waals surface area contributed by atoms with Crippen molar-refractivity contribution in [3.63, 3.8) is 0 Å². The number of imidazole rings is 6. The van der Waals surface area contributed by atoms with Gasteiger partial charge < -0.3 is 26.5 Å². The number of rotatable bonds is 0. The van der Waals surface area contributed by atoms with E-state index in [2.05, 4.69) is 220 Å². The molecule has 0 saturated heterocycles. The van der Waals surface area contributed by atoms with E-state index in [0.29, 0.717) is 0 Å². The average molecular weight is 1860 g/mol. The molecule has 24 heteroatoms. The van der Waals surface area contributed by atoms with E-state index in [9.17, 15) is 0 Å². The zero-order chi connectivity index (χ0) is 94.0. The number of nitrogens with zero attached hydrogens (tertiary/aromatic N) is 18. The maximum absolute atomic E-state index is 6.24. The van der Waals surface area contributed by atoms with E-state index in [1.165, 1.54) is 0 Å². The first-order chi connectivity index (χ1) is 71.5. The van der Waals surface area contributed by atoms with Gasteiger partial charge in [-0.25, -0.2) is 29.9 Å². The summed E-state index contributed by atoms with van der Waals surface area (Å²) in [7, 11) is 0. The van der Waals surface area contributed by atoms with Gasteiger partial charge in [0.05, 0.1) is 43.9 Å². The highest BCUT2D eigenvalue weighted by Gasteiger charge is 2.25. The maximum Gasteiger partial charge on any atom is 0.164 e. The van der Waals surface area contributed by atoms with Gasteiger partial charge in [-0.3, -0.25) is 56.3 Å². The molecule has 672 valence electrons. The summed E-state index contributed by atoms with van der Waals surface area (Å²) in [4.78, 5) is 54.4. The lowest BCUT2D eigenvalue weighted by atomic mass is 10.0. The Bertz CT molecular complexity index is 11700. The van der Waals surface area contributed by atoms with Crippen molar-refractivity contribution in [3.8, 4) is 0 Å². The Labute approximate surface area is 806 Å². The zero-order valence-electron chi connectivity index (χ0n) is 75.6. The monoisotopic (exact) mass is 1850 g/mol. The second-order valence-corrected chi connectivity index (χ2v) is 35.8. The van der Waals surface area contributed by atoms with Crippen LogP contribution in [-0.2, 0) is 0 Å². The van der Waals surface area contributed by atoms with Crippen molar-refractivity contribution in [2.75, 3.05) is 0 Å². The van der Waals surface area contributed by atoms with Crippen molar-refractivity contribution in [1.29, 1.82) is 0 Å². The van der Waals surface area contributed by atoms with Gasteiger partial charge in [0.1, 0.15) is 94.5 Å². The molecule has 0 radical (unpaired) electrons. The Morgan fingerprint density at radius 3 is 0.951 bits per heavy atom. The smallest absolute Gasteiger partial charge is 0.164 e. The van der Waals surface area contributed by atoms with E-state index in [-0.39, 0.29) is 0 Å². The van der Waals surface area contributed by atoms with Crippen LogP contribution in [0.3, 0.4) is 0 Å². The standard InChI is InChI=1S/6C20H11N3O/c1-2-6-15-14(4-1)17-16(24-15)8-7-13-12-5-3-9-21-18(12)20-22-10-11-23(20)19(13)17;1-2-6-16-12(4-1)13-7-8-15-17(19(13)24-16)14-5-3-9-21-18(14)20-22-10-11-23(15)20;1-2-6-15-12(4-1)18-16(24-15)8-7-14-17(18)13-5-3-9-21-19(13)20-22-10-11-23(14)20;1-2-6-16-12(4-1)15-8-7-14-13-5-3-9-21-17(13)20-22-10-11-23(20)18(14)19(15)24-16;1-2-6-17-12(4-1)15-10-16-14(11-18(15)24-17)13-5-3-7-21-19(13)20-22-8-9-23(16)20;1-2-6-17-12(4-1)15-10-14-13-5-3-7-21-19(13)20-22-8-9-23(20)16(14)11-18(15)24-17/h6*1-11H. The SMILES string of the molecule is c1ccc2c(c1)oc1c2ccc2c1c1cccnc1c1nccn21.c1ccc2c(c1)oc1c2ccc2c3cccnc3c3nccn3c21.c1ccc2c(c1)oc1cc3c(cc12)c1cccnc1c1nccn31.c1ccc2c(c1)oc1cc3c4cccnc4c4nccn4c3cc12.c1ccc2c(c1)oc1ccc3c(c4cccnc4c4nccn34)c12.c1ccc2c(c1)oc1ccc3c4cccnc4c4nccn4c3c12. The summed E-state index contributed by atoms with van der Waals surface area (Å²) in [6, 6.07) is 98.8. The highest BCUT2D eigenvalue weighted by Crippen LogP contribution is 2.46. The topological polar surface area (TPSA) is 260 Å². The van der Waals surface area contributed by atoms with Crippen molar-refractivity contribution in [1.82, 2.24) is 86.2 Å². The van der Waals surface area contributed by atoms with E-state index in [0.717, 1.165) is 296 Å². The van der Waals surface area contributed by atoms with E-state index in [1.54, 1.807) is 0 Å². The van der Waals surface area contributed by atoms with Crippen LogP contribution < -0.4 is 0 Å². The fourth-order valence-corrected chi connectivity index (χ4v) is 22.2. The van der Waals surface area contributed by atoms with Crippen molar-refractivity contribution in [2.45, 2.75) is 0 Å². The number of aromatic nitrogens is 18. The summed E-state index contributed by atoms with van der Waals surface area (Å²) in [6.07, 6.45) is 33.6. The maximum atomic E-state index is 6.24. The Kier molecular flexibility index (Phi) is 16.7. The number of hydrogen-bond donors (Lipinski definition) is 0. The molecule has 0 spiro atoms. The van der Waals surface area contributed by atoms with Crippen LogP contribution in [0.25, 0.3) is 296 Å². The fourth-order valence-electron chi connectivity index (χ4n) is 22.2. The highest BCUT2D eigenvalue weighted by molar-refractivity contribution is 6.30. The quantitative estimate of drug-likeness (QED) is 0.128. The van der Waals surface area contributed by atoms with Crippen LogP contribution in [0.4, 0.5) is 0 Å². The van der Waals surface area contributed by atoms with Gasteiger partial charge in [-0.1, -0.05) is 152 Å². The molecular weight excluding hydrogens is 1790 g/mol. The first kappa shape index (κ1) is 78.7. The predicted octanol–water partition coefficient (Wildman–Crippen LogP) is 29.6. The molecule has 0 aliphatic heterocycles. The van der Waals surface area contributed by atoms with Crippen LogP contribution in [0, 0.1) is 0 Å². The number of benzene rings is 12. The van der Waals surface area contributed by atoms with Crippen molar-refractivity contribution in [3.05, 3.63) is 403 Å². The minimum absolute atomic E-state index is 0.853. The third-order valence-corrected chi connectivity index (χ3v) is 28.3. The van der Waals surface area contributed by atoms with Gasteiger partial charge in [-0.2, -0.15) is 0 Å². The lowest BCUT2D eigenvalue weighted by Crippen LogP contribution is -1.92. The zero-order valence-corrected chi connectivity index (χ0v) is 75.6. The van der Waals surface area contributed by atoms with E-state index in [4.69, 9.17) is 26.5 Å². The summed E-state index contributed by atoms with van der Waals surface area (Å²) >= 11 is 0. The van der Waals surface area contributed by atoms with E-state index < -0.39 is 0 Å². The molecule has 0 atom stereocenters. The fraction of sp³-hybridized carbons (Fsp3) is 0. The minimum Gasteiger partial charge on any atom is -0.456 e. The normalized spacial score (nSPS) is 12.2. The second kappa shape index (κ2) is 30.5. The summed E-state index contributed by atoms with van der Waals surface area (Å²) in [5.74, 6) is 0. The second-order valence-electron chi connectivity index (χ2n) is 35.8. The van der Waals surface area contributed by atoms with Gasteiger partial charge >= 0.3 is 0 Å². The van der Waals surface area contributed by atoms with Crippen LogP contribution in [-0.4, -0.2) is 86.2 Å². The largest absolute Gasteiger partial charge is 0.456 e. The molecule has 0 N–H and O–H groups in total. The van der Waals surface area contributed by atoms with Crippen LogP contribution in [0.1, 0.15) is 0 Å². The molecule has 36 rings (SSSR count). The molecule has 0 unspecified atom stereocenters. The Morgan fingerprint density at radius 2 is 0.444 bits per heavy atom. The molecule has 0 aliphatic carbocycles. The highest BCUT2D eigenvalue weighted by atomic mass is 16.3.